The van der Waals surface area contributed by atoms with Crippen LogP contribution >= 0.6 is 0 Å². The summed E-state index contributed by atoms with van der Waals surface area (Å²) in [4.78, 5) is 2.58. The topological polar surface area (TPSA) is 15.3 Å². The molecule has 2 atom stereocenters. The summed E-state index contributed by atoms with van der Waals surface area (Å²) in [6.45, 7) is 1.94. The molecule has 2 nitrogen and oxygen atoms in total. The minimum absolute atomic E-state index is 0.157. The summed E-state index contributed by atoms with van der Waals surface area (Å²) in [5.41, 5.74) is 1.16. The van der Waals surface area contributed by atoms with Gasteiger partial charge in [0, 0.05) is 18.6 Å². The fourth-order valence-electron chi connectivity index (χ4n) is 3.71. The Morgan fingerprint density at radius 1 is 1.16 bits per heavy atom. The Morgan fingerprint density at radius 3 is 2.42 bits per heavy atom. The second-order valence-corrected chi connectivity index (χ2v) is 6.15. The van der Waals surface area contributed by atoms with Crippen LogP contribution in [0.3, 0.4) is 0 Å². The number of hydrogen-bond donors (Lipinski definition) is 1. The number of nitrogens with one attached hydrogen (secondary N) is 1. The average Bonchev–Trinajstić information content (AvgIpc) is 2.64. The Balaban J connectivity index is 1.45. The van der Waals surface area contributed by atoms with Crippen molar-refractivity contribution in [2.24, 2.45) is 5.92 Å². The van der Waals surface area contributed by atoms with Crippen LogP contribution < -0.4 is 5.32 Å². The maximum absolute atomic E-state index is 12.8. The van der Waals surface area contributed by atoms with Crippen molar-refractivity contribution in [3.63, 3.8) is 0 Å². The van der Waals surface area contributed by atoms with Crippen molar-refractivity contribution in [1.82, 2.24) is 10.2 Å². The zero-order valence-electron chi connectivity index (χ0n) is 11.6. The molecule has 0 radical (unpaired) electrons. The number of fused-ring (bicyclic) bond motifs is 2. The van der Waals surface area contributed by atoms with Crippen LogP contribution in [-0.2, 0) is 6.54 Å². The van der Waals surface area contributed by atoms with Gasteiger partial charge in [0.2, 0.25) is 0 Å². The molecule has 0 aliphatic carbocycles. The van der Waals surface area contributed by atoms with E-state index in [2.05, 4.69) is 17.3 Å². The largest absolute Gasteiger partial charge is 0.312 e. The predicted molar refractivity (Wildman–Crippen MR) is 75.4 cm³/mol. The highest BCUT2D eigenvalue weighted by Crippen LogP contribution is 2.36. The lowest BCUT2D eigenvalue weighted by molar-refractivity contribution is 0.133. The van der Waals surface area contributed by atoms with Crippen molar-refractivity contribution in [2.75, 3.05) is 13.6 Å². The highest BCUT2D eigenvalue weighted by atomic mass is 19.1. The van der Waals surface area contributed by atoms with E-state index in [4.69, 9.17) is 0 Å². The lowest BCUT2D eigenvalue weighted by Crippen LogP contribution is -2.42. The van der Waals surface area contributed by atoms with E-state index in [9.17, 15) is 4.39 Å². The van der Waals surface area contributed by atoms with Crippen LogP contribution in [0.1, 0.15) is 31.2 Å². The molecule has 2 heterocycles. The van der Waals surface area contributed by atoms with Crippen molar-refractivity contribution in [1.29, 1.82) is 0 Å². The summed E-state index contributed by atoms with van der Waals surface area (Å²) in [6.07, 6.45) is 5.44. The van der Waals surface area contributed by atoms with Gasteiger partial charge in [0.05, 0.1) is 0 Å². The van der Waals surface area contributed by atoms with Gasteiger partial charge in [0.15, 0.2) is 0 Å². The number of hydrogen-bond acceptors (Lipinski definition) is 2. The Labute approximate surface area is 115 Å². The van der Waals surface area contributed by atoms with E-state index in [1.165, 1.54) is 37.8 Å². The highest BCUT2D eigenvalue weighted by Gasteiger charge is 2.37. The maximum atomic E-state index is 12.8. The standard InChI is InChI=1S/C16H23FN2/c1-19-15-6-7-16(19)9-13(8-15)11-18-10-12-2-4-14(17)5-3-12/h2-5,13,15-16,18H,6-11H2,1H3. The van der Waals surface area contributed by atoms with Crippen LogP contribution in [0.15, 0.2) is 24.3 Å². The van der Waals surface area contributed by atoms with Gasteiger partial charge in [-0.2, -0.15) is 0 Å². The van der Waals surface area contributed by atoms with Gasteiger partial charge in [0.1, 0.15) is 5.82 Å². The first-order chi connectivity index (χ1) is 9.22. The molecule has 0 saturated carbocycles. The number of nitrogens with zero attached hydrogens (tertiary/aromatic N) is 1. The molecule has 3 heteroatoms. The van der Waals surface area contributed by atoms with Gasteiger partial charge < -0.3 is 10.2 Å². The molecule has 2 fully saturated rings. The van der Waals surface area contributed by atoms with E-state index >= 15 is 0 Å². The molecular weight excluding hydrogens is 239 g/mol. The van der Waals surface area contributed by atoms with Gasteiger partial charge >= 0.3 is 0 Å². The quantitative estimate of drug-likeness (QED) is 0.897. The van der Waals surface area contributed by atoms with Gasteiger partial charge in [-0.05, 0) is 62.9 Å². The molecule has 0 spiro atoms. The lowest BCUT2D eigenvalue weighted by atomic mass is 9.91. The van der Waals surface area contributed by atoms with E-state index < -0.39 is 0 Å². The molecule has 104 valence electrons. The molecule has 19 heavy (non-hydrogen) atoms. The molecule has 1 aromatic carbocycles. The minimum Gasteiger partial charge on any atom is -0.312 e. The van der Waals surface area contributed by atoms with Crippen molar-refractivity contribution < 1.29 is 4.39 Å². The molecule has 0 aromatic heterocycles. The van der Waals surface area contributed by atoms with Crippen molar-refractivity contribution >= 4 is 0 Å². The Kier molecular flexibility index (Phi) is 3.85. The first kappa shape index (κ1) is 13.1. The summed E-state index contributed by atoms with van der Waals surface area (Å²) in [5, 5.41) is 3.53. The van der Waals surface area contributed by atoms with Crippen molar-refractivity contribution in [3.05, 3.63) is 35.6 Å². The van der Waals surface area contributed by atoms with E-state index in [1.807, 2.05) is 12.1 Å². The van der Waals surface area contributed by atoms with Gasteiger partial charge in [-0.1, -0.05) is 12.1 Å². The number of rotatable bonds is 4. The van der Waals surface area contributed by atoms with Crippen LogP contribution in [0.5, 0.6) is 0 Å². The van der Waals surface area contributed by atoms with E-state index in [-0.39, 0.29) is 5.82 Å². The van der Waals surface area contributed by atoms with Crippen LogP contribution in [0.25, 0.3) is 0 Å². The van der Waals surface area contributed by atoms with Crippen LogP contribution in [0.2, 0.25) is 0 Å². The molecular formula is C16H23FN2. The zero-order valence-corrected chi connectivity index (χ0v) is 11.6. The summed E-state index contributed by atoms with van der Waals surface area (Å²) < 4.78 is 12.8. The highest BCUT2D eigenvalue weighted by molar-refractivity contribution is 5.15. The molecule has 2 aliphatic rings. The molecule has 1 aromatic rings. The fourth-order valence-corrected chi connectivity index (χ4v) is 3.71. The summed E-state index contributed by atoms with van der Waals surface area (Å²) in [7, 11) is 2.28. The normalized spacial score (nSPS) is 30.7. The lowest BCUT2D eigenvalue weighted by Gasteiger charge is -2.36. The summed E-state index contributed by atoms with van der Waals surface area (Å²) in [6, 6.07) is 8.42. The summed E-state index contributed by atoms with van der Waals surface area (Å²) in [5.74, 6) is 0.657. The number of benzene rings is 1. The molecule has 2 saturated heterocycles. The van der Waals surface area contributed by atoms with Crippen LogP contribution in [0.4, 0.5) is 4.39 Å². The third kappa shape index (κ3) is 2.98. The SMILES string of the molecule is CN1C2CCC1CC(CNCc1ccc(F)cc1)C2. The van der Waals surface area contributed by atoms with Crippen molar-refractivity contribution in [3.8, 4) is 0 Å². The fraction of sp³-hybridized carbons (Fsp3) is 0.625. The van der Waals surface area contributed by atoms with Gasteiger partial charge in [-0.25, -0.2) is 4.39 Å². The van der Waals surface area contributed by atoms with E-state index in [1.54, 1.807) is 0 Å². The van der Waals surface area contributed by atoms with E-state index in [0.29, 0.717) is 0 Å². The first-order valence-corrected chi connectivity index (χ1v) is 7.39. The second kappa shape index (κ2) is 5.59. The average molecular weight is 262 g/mol. The van der Waals surface area contributed by atoms with Crippen LogP contribution in [-0.4, -0.2) is 30.6 Å². The minimum atomic E-state index is -0.157. The molecule has 3 rings (SSSR count). The predicted octanol–water partition coefficient (Wildman–Crippen LogP) is 2.79. The first-order valence-electron chi connectivity index (χ1n) is 7.39. The van der Waals surface area contributed by atoms with Gasteiger partial charge in [-0.15, -0.1) is 0 Å². The van der Waals surface area contributed by atoms with Crippen LogP contribution in [0, 0.1) is 11.7 Å². The monoisotopic (exact) mass is 262 g/mol. The Morgan fingerprint density at radius 2 is 1.79 bits per heavy atom. The van der Waals surface area contributed by atoms with Gasteiger partial charge in [-0.3, -0.25) is 0 Å². The van der Waals surface area contributed by atoms with Gasteiger partial charge in [0.25, 0.3) is 0 Å². The maximum Gasteiger partial charge on any atom is 0.123 e. The molecule has 1 N–H and O–H groups in total. The van der Waals surface area contributed by atoms with Crippen molar-refractivity contribution in [2.45, 2.75) is 44.3 Å². The third-order valence-electron chi connectivity index (χ3n) is 4.87. The molecule has 0 amide bonds. The number of halogens is 1. The smallest absolute Gasteiger partial charge is 0.123 e. The summed E-state index contributed by atoms with van der Waals surface area (Å²) >= 11 is 0. The Hall–Kier alpha value is -0.930. The zero-order chi connectivity index (χ0) is 13.2. The molecule has 2 aliphatic heterocycles. The van der Waals surface area contributed by atoms with E-state index in [0.717, 1.165) is 36.7 Å². The second-order valence-electron chi connectivity index (χ2n) is 6.15. The Bertz CT molecular complexity index is 403. The third-order valence-corrected chi connectivity index (χ3v) is 4.87. The molecule has 2 unspecified atom stereocenters. The molecule has 2 bridgehead atoms. The number of piperidine rings is 1.